The van der Waals surface area contributed by atoms with Crippen LogP contribution in [0.25, 0.3) is 0 Å². The lowest BCUT2D eigenvalue weighted by molar-refractivity contribution is -0.165. The summed E-state index contributed by atoms with van der Waals surface area (Å²) in [5.74, 6) is -1.15. The fourth-order valence-electron chi connectivity index (χ4n) is 1.26. The van der Waals surface area contributed by atoms with Gasteiger partial charge in [0.15, 0.2) is 0 Å². The lowest BCUT2D eigenvalue weighted by Crippen LogP contribution is -2.20. The Morgan fingerprint density at radius 1 is 1.44 bits per heavy atom. The van der Waals surface area contributed by atoms with Gasteiger partial charge in [0.1, 0.15) is 0 Å². The highest BCUT2D eigenvalue weighted by Crippen LogP contribution is 2.19. The second kappa shape index (κ2) is 5.25. The van der Waals surface area contributed by atoms with Crippen LogP contribution in [0.3, 0.4) is 0 Å². The van der Waals surface area contributed by atoms with Crippen LogP contribution in [0.5, 0.6) is 0 Å². The number of aryl methyl sites for hydroxylation is 1. The van der Waals surface area contributed by atoms with E-state index in [1.165, 1.54) is 14.0 Å². The molecule has 0 aliphatic carbocycles. The zero-order chi connectivity index (χ0) is 12.1. The number of hydrogen-bond acceptors (Lipinski definition) is 5. The summed E-state index contributed by atoms with van der Waals surface area (Å²) in [5.41, 5.74) is 1.29. The highest BCUT2D eigenvalue weighted by atomic mass is 16.6. The predicted octanol–water partition coefficient (Wildman–Crippen LogP) is 1.17. The number of carbonyl (C=O) groups is 2. The van der Waals surface area contributed by atoms with E-state index in [4.69, 9.17) is 4.74 Å². The van der Waals surface area contributed by atoms with Gasteiger partial charge in [-0.1, -0.05) is 0 Å². The first-order valence-electron chi connectivity index (χ1n) is 4.72. The van der Waals surface area contributed by atoms with Gasteiger partial charge in [-0.25, -0.2) is 4.79 Å². The van der Waals surface area contributed by atoms with Crippen molar-refractivity contribution in [1.29, 1.82) is 0 Å². The van der Waals surface area contributed by atoms with Crippen molar-refractivity contribution in [2.45, 2.75) is 20.0 Å². The molecule has 0 amide bonds. The molecular formula is C11H13NO4. The molecule has 1 aromatic heterocycles. The summed E-state index contributed by atoms with van der Waals surface area (Å²) < 4.78 is 9.47. The van der Waals surface area contributed by atoms with Gasteiger partial charge >= 0.3 is 11.9 Å². The molecular weight excluding hydrogens is 210 g/mol. The minimum absolute atomic E-state index is 0.537. The maximum Gasteiger partial charge on any atom is 0.351 e. The van der Waals surface area contributed by atoms with Crippen molar-refractivity contribution in [2.24, 2.45) is 0 Å². The fourth-order valence-corrected chi connectivity index (χ4v) is 1.26. The number of methoxy groups -OCH3 is 1. The zero-order valence-electron chi connectivity index (χ0n) is 9.39. The number of esters is 2. The van der Waals surface area contributed by atoms with E-state index in [0.29, 0.717) is 5.56 Å². The minimum atomic E-state index is -1.02. The molecule has 0 aromatic carbocycles. The van der Waals surface area contributed by atoms with E-state index >= 15 is 0 Å². The molecule has 0 radical (unpaired) electrons. The molecule has 86 valence electrons. The van der Waals surface area contributed by atoms with E-state index in [0.717, 1.165) is 5.69 Å². The second-order valence-electron chi connectivity index (χ2n) is 3.24. The first kappa shape index (κ1) is 12.2. The molecule has 1 atom stereocenters. The van der Waals surface area contributed by atoms with Crippen LogP contribution in [0.1, 0.15) is 24.3 Å². The van der Waals surface area contributed by atoms with Crippen LogP contribution in [-0.2, 0) is 19.1 Å². The van der Waals surface area contributed by atoms with Crippen LogP contribution < -0.4 is 0 Å². The van der Waals surface area contributed by atoms with Crippen molar-refractivity contribution in [3.05, 3.63) is 29.6 Å². The first-order chi connectivity index (χ1) is 7.54. The largest absolute Gasteiger partial charge is 0.466 e. The van der Waals surface area contributed by atoms with E-state index in [1.54, 1.807) is 25.3 Å². The average molecular weight is 223 g/mol. The molecule has 5 heteroatoms. The van der Waals surface area contributed by atoms with Gasteiger partial charge in [-0.05, 0) is 19.1 Å². The third-order valence-electron chi connectivity index (χ3n) is 1.92. The Bertz CT molecular complexity index is 403. The Balaban J connectivity index is 3.00. The summed E-state index contributed by atoms with van der Waals surface area (Å²) in [5, 5.41) is 0. The molecule has 0 N–H and O–H groups in total. The average Bonchev–Trinajstić information content (AvgIpc) is 2.24. The lowest BCUT2D eigenvalue weighted by atomic mass is 10.1. The van der Waals surface area contributed by atoms with Crippen molar-refractivity contribution < 1.29 is 19.1 Å². The number of ether oxygens (including phenoxy) is 2. The van der Waals surface area contributed by atoms with Crippen molar-refractivity contribution in [2.75, 3.05) is 7.11 Å². The molecule has 16 heavy (non-hydrogen) atoms. The van der Waals surface area contributed by atoms with Crippen molar-refractivity contribution >= 4 is 11.9 Å². The van der Waals surface area contributed by atoms with Crippen LogP contribution in [0.2, 0.25) is 0 Å². The molecule has 1 unspecified atom stereocenters. The number of hydrogen-bond donors (Lipinski definition) is 0. The van der Waals surface area contributed by atoms with Crippen molar-refractivity contribution in [1.82, 2.24) is 4.98 Å². The summed E-state index contributed by atoms with van der Waals surface area (Å²) in [6, 6.07) is 3.28. The second-order valence-corrected chi connectivity index (χ2v) is 3.24. The number of pyridine rings is 1. The number of aromatic nitrogens is 1. The topological polar surface area (TPSA) is 65.5 Å². The van der Waals surface area contributed by atoms with Gasteiger partial charge in [0.05, 0.1) is 7.11 Å². The molecule has 0 saturated carbocycles. The van der Waals surface area contributed by atoms with Crippen LogP contribution in [-0.4, -0.2) is 24.0 Å². The van der Waals surface area contributed by atoms with E-state index in [-0.39, 0.29) is 0 Å². The Labute approximate surface area is 93.4 Å². The quantitative estimate of drug-likeness (QED) is 0.719. The molecule has 0 spiro atoms. The normalized spacial score (nSPS) is 11.7. The first-order valence-corrected chi connectivity index (χ1v) is 4.72. The van der Waals surface area contributed by atoms with Crippen molar-refractivity contribution in [3.63, 3.8) is 0 Å². The van der Waals surface area contributed by atoms with Gasteiger partial charge in [0, 0.05) is 24.4 Å². The SMILES string of the molecule is COC(=O)C(OC(C)=O)c1ccnc(C)c1. The van der Waals surface area contributed by atoms with Gasteiger partial charge in [0.2, 0.25) is 6.10 Å². The Morgan fingerprint density at radius 3 is 2.62 bits per heavy atom. The Kier molecular flexibility index (Phi) is 3.99. The standard InChI is InChI=1S/C11H13NO4/c1-7-6-9(4-5-12-7)10(11(14)15-3)16-8(2)13/h4-6,10H,1-3H3. The smallest absolute Gasteiger partial charge is 0.351 e. The zero-order valence-corrected chi connectivity index (χ0v) is 9.39. The third-order valence-corrected chi connectivity index (χ3v) is 1.92. The van der Waals surface area contributed by atoms with E-state index < -0.39 is 18.0 Å². The third kappa shape index (κ3) is 3.05. The minimum Gasteiger partial charge on any atom is -0.466 e. The van der Waals surface area contributed by atoms with Gasteiger partial charge in [0.25, 0.3) is 0 Å². The number of carbonyl (C=O) groups excluding carboxylic acids is 2. The van der Waals surface area contributed by atoms with E-state index in [2.05, 4.69) is 9.72 Å². The molecule has 0 aliphatic rings. The van der Waals surface area contributed by atoms with Gasteiger partial charge in [-0.3, -0.25) is 9.78 Å². The summed E-state index contributed by atoms with van der Waals surface area (Å²) in [4.78, 5) is 26.3. The molecule has 5 nitrogen and oxygen atoms in total. The summed E-state index contributed by atoms with van der Waals surface area (Å²) in [7, 11) is 1.24. The molecule has 0 saturated heterocycles. The van der Waals surface area contributed by atoms with Crippen molar-refractivity contribution in [3.8, 4) is 0 Å². The van der Waals surface area contributed by atoms with Gasteiger partial charge < -0.3 is 9.47 Å². The Hall–Kier alpha value is -1.91. The fraction of sp³-hybridized carbons (Fsp3) is 0.364. The van der Waals surface area contributed by atoms with E-state index in [9.17, 15) is 9.59 Å². The van der Waals surface area contributed by atoms with Crippen LogP contribution in [0.15, 0.2) is 18.3 Å². The molecule has 0 bridgehead atoms. The van der Waals surface area contributed by atoms with Crippen LogP contribution in [0.4, 0.5) is 0 Å². The highest BCUT2D eigenvalue weighted by molar-refractivity contribution is 5.79. The van der Waals surface area contributed by atoms with Crippen LogP contribution >= 0.6 is 0 Å². The maximum atomic E-state index is 11.4. The highest BCUT2D eigenvalue weighted by Gasteiger charge is 2.24. The summed E-state index contributed by atoms with van der Waals surface area (Å²) in [6.07, 6.45) is 0.522. The Morgan fingerprint density at radius 2 is 2.12 bits per heavy atom. The summed E-state index contributed by atoms with van der Waals surface area (Å²) in [6.45, 7) is 3.02. The maximum absolute atomic E-state index is 11.4. The molecule has 1 aromatic rings. The predicted molar refractivity (Wildman–Crippen MR) is 55.5 cm³/mol. The van der Waals surface area contributed by atoms with Gasteiger partial charge in [-0.2, -0.15) is 0 Å². The molecule has 0 fully saturated rings. The van der Waals surface area contributed by atoms with E-state index in [1.807, 2.05) is 0 Å². The molecule has 1 heterocycles. The molecule has 0 aliphatic heterocycles. The number of rotatable bonds is 3. The van der Waals surface area contributed by atoms with Crippen LogP contribution in [0, 0.1) is 6.92 Å². The molecule has 1 rings (SSSR count). The summed E-state index contributed by atoms with van der Waals surface area (Å²) >= 11 is 0. The lowest BCUT2D eigenvalue weighted by Gasteiger charge is -2.14. The van der Waals surface area contributed by atoms with Gasteiger partial charge in [-0.15, -0.1) is 0 Å². The number of nitrogens with zero attached hydrogens (tertiary/aromatic N) is 1. The monoisotopic (exact) mass is 223 g/mol.